The molecule has 0 radical (unpaired) electrons. The number of carbonyl (C=O) groups excluding carboxylic acids is 1. The smallest absolute Gasteiger partial charge is 0.161 e. The Balaban J connectivity index is 2.88. The van der Waals surface area contributed by atoms with Crippen LogP contribution in [0.25, 0.3) is 11.0 Å². The molecular formula is C10H10N2O. The first-order chi connectivity index (χ1) is 6.20. The van der Waals surface area contributed by atoms with Gasteiger partial charge >= 0.3 is 0 Å². The zero-order valence-corrected chi connectivity index (χ0v) is 7.61. The minimum atomic E-state index is 0.0780. The summed E-state index contributed by atoms with van der Waals surface area (Å²) >= 11 is 0. The van der Waals surface area contributed by atoms with E-state index in [1.807, 2.05) is 29.8 Å². The minimum Gasteiger partial charge on any atom is -0.333 e. The van der Waals surface area contributed by atoms with E-state index in [4.69, 9.17) is 0 Å². The summed E-state index contributed by atoms with van der Waals surface area (Å²) in [5.41, 5.74) is 2.52. The maximum atomic E-state index is 11.3. The highest BCUT2D eigenvalue weighted by molar-refractivity contribution is 6.04. The van der Waals surface area contributed by atoms with E-state index in [9.17, 15) is 4.79 Å². The number of hydrogen-bond acceptors (Lipinski definition) is 2. The molecule has 0 unspecified atom stereocenters. The second-order valence-corrected chi connectivity index (χ2v) is 3.08. The van der Waals surface area contributed by atoms with Gasteiger partial charge in [0.2, 0.25) is 0 Å². The van der Waals surface area contributed by atoms with Crippen LogP contribution >= 0.6 is 0 Å². The Morgan fingerprint density at radius 1 is 1.46 bits per heavy atom. The standard InChI is InChI=1S/C10H10N2O/c1-7(13)8-4-3-5-9-10(8)12(2)6-11-9/h3-6H,1-2H3. The summed E-state index contributed by atoms with van der Waals surface area (Å²) in [5, 5.41) is 0. The molecule has 0 fully saturated rings. The number of aryl methyl sites for hydroxylation is 1. The number of Topliss-reactive ketones (excluding diaryl/α,β-unsaturated/α-hetero) is 1. The van der Waals surface area contributed by atoms with Crippen molar-refractivity contribution in [2.45, 2.75) is 6.92 Å². The molecule has 2 aromatic rings. The molecule has 0 saturated heterocycles. The Hall–Kier alpha value is -1.64. The van der Waals surface area contributed by atoms with Gasteiger partial charge in [0.1, 0.15) is 0 Å². The highest BCUT2D eigenvalue weighted by Gasteiger charge is 2.08. The zero-order valence-electron chi connectivity index (χ0n) is 7.61. The minimum absolute atomic E-state index is 0.0780. The third-order valence-corrected chi connectivity index (χ3v) is 2.12. The van der Waals surface area contributed by atoms with Crippen LogP contribution in [0.15, 0.2) is 24.5 Å². The second kappa shape index (κ2) is 2.69. The van der Waals surface area contributed by atoms with Crippen molar-refractivity contribution in [2.24, 2.45) is 7.05 Å². The Kier molecular flexibility index (Phi) is 1.65. The van der Waals surface area contributed by atoms with Crippen LogP contribution in [-0.2, 0) is 7.05 Å². The van der Waals surface area contributed by atoms with Crippen molar-refractivity contribution in [3.63, 3.8) is 0 Å². The quantitative estimate of drug-likeness (QED) is 0.617. The van der Waals surface area contributed by atoms with Crippen molar-refractivity contribution in [2.75, 3.05) is 0 Å². The summed E-state index contributed by atoms with van der Waals surface area (Å²) in [6.07, 6.45) is 1.72. The predicted octanol–water partition coefficient (Wildman–Crippen LogP) is 1.78. The van der Waals surface area contributed by atoms with E-state index in [0.717, 1.165) is 16.6 Å². The number of nitrogens with zero attached hydrogens (tertiary/aromatic N) is 2. The van der Waals surface area contributed by atoms with Crippen molar-refractivity contribution < 1.29 is 4.79 Å². The third-order valence-electron chi connectivity index (χ3n) is 2.12. The molecule has 1 heterocycles. The highest BCUT2D eigenvalue weighted by atomic mass is 16.1. The van der Waals surface area contributed by atoms with Crippen molar-refractivity contribution in [1.29, 1.82) is 0 Å². The molecule has 0 atom stereocenters. The van der Waals surface area contributed by atoms with Crippen molar-refractivity contribution in [1.82, 2.24) is 9.55 Å². The molecule has 0 amide bonds. The lowest BCUT2D eigenvalue weighted by Gasteiger charge is -1.99. The zero-order chi connectivity index (χ0) is 9.42. The number of aromatic nitrogens is 2. The average Bonchev–Trinajstić information content (AvgIpc) is 2.48. The van der Waals surface area contributed by atoms with Crippen LogP contribution in [-0.4, -0.2) is 15.3 Å². The monoisotopic (exact) mass is 174 g/mol. The predicted molar refractivity (Wildman–Crippen MR) is 50.7 cm³/mol. The summed E-state index contributed by atoms with van der Waals surface area (Å²) in [7, 11) is 1.89. The molecule has 0 bridgehead atoms. The first-order valence-corrected chi connectivity index (χ1v) is 4.11. The molecule has 0 aliphatic rings. The summed E-state index contributed by atoms with van der Waals surface area (Å²) in [6.45, 7) is 1.57. The Morgan fingerprint density at radius 3 is 2.92 bits per heavy atom. The number of rotatable bonds is 1. The fourth-order valence-corrected chi connectivity index (χ4v) is 1.50. The fourth-order valence-electron chi connectivity index (χ4n) is 1.50. The molecule has 0 N–H and O–H groups in total. The van der Waals surface area contributed by atoms with E-state index in [1.54, 1.807) is 13.3 Å². The average molecular weight is 174 g/mol. The molecule has 66 valence electrons. The van der Waals surface area contributed by atoms with Gasteiger partial charge < -0.3 is 4.57 Å². The van der Waals surface area contributed by atoms with Gasteiger partial charge in [-0.3, -0.25) is 4.79 Å². The molecule has 1 aromatic carbocycles. The van der Waals surface area contributed by atoms with Crippen LogP contribution in [0.2, 0.25) is 0 Å². The lowest BCUT2D eigenvalue weighted by Crippen LogP contribution is -1.96. The maximum Gasteiger partial charge on any atom is 0.161 e. The molecule has 2 rings (SSSR count). The lowest BCUT2D eigenvalue weighted by molar-refractivity contribution is 0.101. The maximum absolute atomic E-state index is 11.3. The summed E-state index contributed by atoms with van der Waals surface area (Å²) in [5.74, 6) is 0.0780. The van der Waals surface area contributed by atoms with Gasteiger partial charge in [-0.1, -0.05) is 6.07 Å². The van der Waals surface area contributed by atoms with Crippen molar-refractivity contribution in [3.8, 4) is 0 Å². The van der Waals surface area contributed by atoms with Crippen molar-refractivity contribution >= 4 is 16.8 Å². The van der Waals surface area contributed by atoms with Crippen LogP contribution in [0.4, 0.5) is 0 Å². The van der Waals surface area contributed by atoms with Gasteiger partial charge in [0, 0.05) is 12.6 Å². The summed E-state index contributed by atoms with van der Waals surface area (Å²) in [6, 6.07) is 5.58. The van der Waals surface area contributed by atoms with Gasteiger partial charge in [-0.2, -0.15) is 0 Å². The molecular weight excluding hydrogens is 164 g/mol. The van der Waals surface area contributed by atoms with Gasteiger partial charge in [0.05, 0.1) is 17.4 Å². The van der Waals surface area contributed by atoms with E-state index in [1.165, 1.54) is 0 Å². The second-order valence-electron chi connectivity index (χ2n) is 3.08. The molecule has 1 aromatic heterocycles. The van der Waals surface area contributed by atoms with Crippen LogP contribution in [0.3, 0.4) is 0 Å². The van der Waals surface area contributed by atoms with Gasteiger partial charge in [-0.15, -0.1) is 0 Å². The highest BCUT2D eigenvalue weighted by Crippen LogP contribution is 2.16. The lowest BCUT2D eigenvalue weighted by atomic mass is 10.1. The molecule has 3 nitrogen and oxygen atoms in total. The molecule has 0 saturated carbocycles. The van der Waals surface area contributed by atoms with Crippen LogP contribution < -0.4 is 0 Å². The Bertz CT molecular complexity index is 471. The first kappa shape index (κ1) is 7.98. The number of ketones is 1. The largest absolute Gasteiger partial charge is 0.333 e. The van der Waals surface area contributed by atoms with Crippen LogP contribution in [0.5, 0.6) is 0 Å². The van der Waals surface area contributed by atoms with Gasteiger partial charge in [-0.05, 0) is 19.1 Å². The first-order valence-electron chi connectivity index (χ1n) is 4.11. The molecule has 0 spiro atoms. The van der Waals surface area contributed by atoms with Crippen molar-refractivity contribution in [3.05, 3.63) is 30.1 Å². The van der Waals surface area contributed by atoms with E-state index < -0.39 is 0 Å². The Labute approximate surface area is 76.0 Å². The number of para-hydroxylation sites is 1. The van der Waals surface area contributed by atoms with Gasteiger partial charge in [0.15, 0.2) is 5.78 Å². The number of benzene rings is 1. The van der Waals surface area contributed by atoms with Gasteiger partial charge in [-0.25, -0.2) is 4.98 Å². The molecule has 0 aliphatic heterocycles. The number of fused-ring (bicyclic) bond motifs is 1. The molecule has 3 heteroatoms. The van der Waals surface area contributed by atoms with Crippen LogP contribution in [0.1, 0.15) is 17.3 Å². The molecule has 13 heavy (non-hydrogen) atoms. The van der Waals surface area contributed by atoms with Crippen LogP contribution in [0, 0.1) is 0 Å². The van der Waals surface area contributed by atoms with Gasteiger partial charge in [0.25, 0.3) is 0 Å². The van der Waals surface area contributed by atoms with E-state index in [-0.39, 0.29) is 5.78 Å². The topological polar surface area (TPSA) is 34.9 Å². The van der Waals surface area contributed by atoms with E-state index >= 15 is 0 Å². The van der Waals surface area contributed by atoms with E-state index in [0.29, 0.717) is 0 Å². The third kappa shape index (κ3) is 1.13. The Morgan fingerprint density at radius 2 is 2.23 bits per heavy atom. The SMILES string of the molecule is CC(=O)c1cccc2ncn(C)c12. The normalized spacial score (nSPS) is 10.6. The molecule has 0 aliphatic carbocycles. The summed E-state index contributed by atoms with van der Waals surface area (Å²) < 4.78 is 1.87. The fraction of sp³-hybridized carbons (Fsp3) is 0.200. The number of hydrogen-bond donors (Lipinski definition) is 0. The van der Waals surface area contributed by atoms with E-state index in [2.05, 4.69) is 4.98 Å². The summed E-state index contributed by atoms with van der Waals surface area (Å²) in [4.78, 5) is 15.4. The number of carbonyl (C=O) groups is 1. The number of imidazole rings is 1.